The van der Waals surface area contributed by atoms with Crippen LogP contribution in [0.3, 0.4) is 0 Å². The summed E-state index contributed by atoms with van der Waals surface area (Å²) in [6.07, 6.45) is 0. The molecule has 0 atom stereocenters. The number of nitrogens with zero attached hydrogens (tertiary/aromatic N) is 6. The molecule has 0 amide bonds. The van der Waals surface area contributed by atoms with Gasteiger partial charge < -0.3 is 0 Å². The fourth-order valence-electron chi connectivity index (χ4n) is 20.2. The molecule has 26 rings (SSSR count). The van der Waals surface area contributed by atoms with E-state index >= 15 is 0 Å². The number of rotatable bonds is 7. The standard InChI is InChI=1S/C112H64N6/c1-2-21-65(22-3-1)79-52-53-93(87-37-16-12-32-82(79)87)110-111(117-99-57-54-90-85-35-14-13-33-83(85)84-34-18-19-39-89(84)103(90)105(99)96-61-70-25-4-6-27-72(70)63-101(96)117)113-98-56-48-76-59-74(46-49-81(76)109(98)114-110)75-47-50-92-95(60-75)88-38-17-15-36-86(88)91-55-58-100-106(104(91)92)97-62-71-26-5-7-28-73(71)64-102(97)118(100)112-115-107(94-51-45-67-24-9-11-31-80(67)108(94)116-112)69-43-41-68(42-44-69)78-40-20-29-66-23-8-10-30-77(66)78/h1-64H. The van der Waals surface area contributed by atoms with Gasteiger partial charge in [-0.15, -0.1) is 0 Å². The monoisotopic (exact) mass is 1490 g/mol. The van der Waals surface area contributed by atoms with Crippen molar-refractivity contribution in [2.24, 2.45) is 0 Å². The van der Waals surface area contributed by atoms with Crippen LogP contribution in [0.1, 0.15) is 0 Å². The molecular formula is C112H64N6. The maximum atomic E-state index is 6.07. The van der Waals surface area contributed by atoms with E-state index in [4.69, 9.17) is 19.9 Å². The van der Waals surface area contributed by atoms with Gasteiger partial charge in [0.05, 0.1) is 44.3 Å². The van der Waals surface area contributed by atoms with E-state index in [1.54, 1.807) is 0 Å². The maximum Gasteiger partial charge on any atom is 0.235 e. The van der Waals surface area contributed by atoms with E-state index in [0.717, 1.165) is 154 Å². The van der Waals surface area contributed by atoms with Gasteiger partial charge in [-0.25, -0.2) is 19.9 Å². The summed E-state index contributed by atoms with van der Waals surface area (Å²) >= 11 is 0. The highest BCUT2D eigenvalue weighted by atomic mass is 15.2. The Morgan fingerprint density at radius 3 is 1.25 bits per heavy atom. The van der Waals surface area contributed by atoms with Crippen molar-refractivity contribution >= 4 is 195 Å². The average Bonchev–Trinajstić information content (AvgIpc) is 1.42. The van der Waals surface area contributed by atoms with Crippen LogP contribution in [0.25, 0.3) is 262 Å². The van der Waals surface area contributed by atoms with Gasteiger partial charge in [0.15, 0.2) is 5.82 Å². The lowest BCUT2D eigenvalue weighted by Gasteiger charge is -2.18. The molecule has 542 valence electrons. The third-order valence-electron chi connectivity index (χ3n) is 25.6. The molecule has 0 spiro atoms. The number of aromatic nitrogens is 6. The Morgan fingerprint density at radius 2 is 0.593 bits per heavy atom. The molecule has 0 N–H and O–H groups in total. The van der Waals surface area contributed by atoms with E-state index in [-0.39, 0.29) is 0 Å². The van der Waals surface area contributed by atoms with Gasteiger partial charge >= 0.3 is 0 Å². The second-order valence-corrected chi connectivity index (χ2v) is 31.8. The van der Waals surface area contributed by atoms with Crippen LogP contribution in [-0.4, -0.2) is 29.1 Å². The van der Waals surface area contributed by atoms with E-state index in [0.29, 0.717) is 5.95 Å². The van der Waals surface area contributed by atoms with Crippen molar-refractivity contribution in [3.8, 4) is 67.7 Å². The van der Waals surface area contributed by atoms with Crippen LogP contribution in [0.4, 0.5) is 0 Å². The molecule has 0 fully saturated rings. The SMILES string of the molecule is c1ccc(-c2ccc(-c3nc4c(ccc5cc(-c6ccc7c(c6)c6ccccc6c6ccc8c(c9cc%10ccccc%10cc9n8-c8nc(-c9ccc(-c%10cccc%11ccccc%10%11)cc9)c9ccc%10ccccc%10c9n8)c67)ccc54)nc3-n3c4cc5ccccc5cc4c4c5c6ccccc6c6ccccc6c5ccc43)c3ccccc23)cc1. The van der Waals surface area contributed by atoms with Gasteiger partial charge in [0.2, 0.25) is 5.95 Å². The second kappa shape index (κ2) is 24.9. The summed E-state index contributed by atoms with van der Waals surface area (Å²) in [6, 6.07) is 143. The molecule has 0 aliphatic heterocycles. The van der Waals surface area contributed by atoms with E-state index in [9.17, 15) is 0 Å². The first kappa shape index (κ1) is 64.7. The summed E-state index contributed by atoms with van der Waals surface area (Å²) in [5, 5.41) is 33.8. The van der Waals surface area contributed by atoms with Crippen molar-refractivity contribution in [2.75, 3.05) is 0 Å². The van der Waals surface area contributed by atoms with Crippen molar-refractivity contribution in [1.82, 2.24) is 29.1 Å². The zero-order chi connectivity index (χ0) is 77.0. The van der Waals surface area contributed by atoms with Crippen molar-refractivity contribution in [3.05, 3.63) is 388 Å². The average molecular weight is 1490 g/mol. The number of hydrogen-bond donors (Lipinski definition) is 0. The van der Waals surface area contributed by atoms with Crippen LogP contribution >= 0.6 is 0 Å². The molecule has 118 heavy (non-hydrogen) atoms. The number of fused-ring (bicyclic) bond motifs is 30. The topological polar surface area (TPSA) is 61.4 Å². The highest BCUT2D eigenvalue weighted by molar-refractivity contribution is 6.38. The lowest BCUT2D eigenvalue weighted by Crippen LogP contribution is -2.04. The van der Waals surface area contributed by atoms with Crippen molar-refractivity contribution in [2.45, 2.75) is 0 Å². The summed E-state index contributed by atoms with van der Waals surface area (Å²) in [7, 11) is 0. The lowest BCUT2D eigenvalue weighted by molar-refractivity contribution is 1.02. The lowest BCUT2D eigenvalue weighted by atomic mass is 9.89. The summed E-state index contributed by atoms with van der Waals surface area (Å²) in [4.78, 5) is 23.6. The minimum atomic E-state index is 0.616. The van der Waals surface area contributed by atoms with Crippen LogP contribution < -0.4 is 0 Å². The van der Waals surface area contributed by atoms with E-state index in [2.05, 4.69) is 397 Å². The van der Waals surface area contributed by atoms with Crippen LogP contribution in [0, 0.1) is 0 Å². The molecular weight excluding hydrogens is 1430 g/mol. The third kappa shape index (κ3) is 9.45. The fourth-order valence-corrected chi connectivity index (χ4v) is 20.2. The minimum absolute atomic E-state index is 0.616. The Hall–Kier alpha value is -15.8. The molecule has 0 aliphatic rings. The Labute approximate surface area is 675 Å². The highest BCUT2D eigenvalue weighted by Crippen LogP contribution is 2.50. The van der Waals surface area contributed by atoms with Gasteiger partial charge in [0, 0.05) is 59.6 Å². The van der Waals surface area contributed by atoms with Gasteiger partial charge in [0.1, 0.15) is 5.69 Å². The van der Waals surface area contributed by atoms with Crippen molar-refractivity contribution in [1.29, 1.82) is 0 Å². The zero-order valence-electron chi connectivity index (χ0n) is 63.6. The first-order valence-electron chi connectivity index (χ1n) is 40.6. The Bertz CT molecular complexity index is 8900. The third-order valence-corrected chi connectivity index (χ3v) is 25.6. The molecule has 6 heteroatoms. The van der Waals surface area contributed by atoms with Crippen LogP contribution in [-0.2, 0) is 0 Å². The summed E-state index contributed by atoms with van der Waals surface area (Å²) < 4.78 is 4.77. The smallest absolute Gasteiger partial charge is 0.235 e. The number of hydrogen-bond acceptors (Lipinski definition) is 4. The van der Waals surface area contributed by atoms with Crippen LogP contribution in [0.2, 0.25) is 0 Å². The van der Waals surface area contributed by atoms with Crippen molar-refractivity contribution in [3.63, 3.8) is 0 Å². The largest absolute Gasteiger partial charge is 0.292 e. The summed E-state index contributed by atoms with van der Waals surface area (Å²) in [5.41, 5.74) is 17.4. The molecule has 6 nitrogen and oxygen atoms in total. The van der Waals surface area contributed by atoms with Crippen LogP contribution in [0.5, 0.6) is 0 Å². The minimum Gasteiger partial charge on any atom is -0.292 e. The molecule has 4 heterocycles. The second-order valence-electron chi connectivity index (χ2n) is 31.8. The molecule has 0 saturated carbocycles. The summed E-state index contributed by atoms with van der Waals surface area (Å²) in [6.45, 7) is 0. The normalized spacial score (nSPS) is 12.2. The molecule has 0 unspecified atom stereocenters. The van der Waals surface area contributed by atoms with E-state index in [1.807, 2.05) is 0 Å². The highest BCUT2D eigenvalue weighted by Gasteiger charge is 2.28. The van der Waals surface area contributed by atoms with E-state index < -0.39 is 0 Å². The fraction of sp³-hybridized carbons (Fsp3) is 0. The van der Waals surface area contributed by atoms with Crippen LogP contribution in [0.15, 0.2) is 388 Å². The van der Waals surface area contributed by atoms with Gasteiger partial charge in [-0.3, -0.25) is 9.13 Å². The first-order valence-corrected chi connectivity index (χ1v) is 40.6. The predicted molar refractivity (Wildman–Crippen MR) is 499 cm³/mol. The predicted octanol–water partition coefficient (Wildman–Crippen LogP) is 29.9. The molecule has 26 aromatic rings. The van der Waals surface area contributed by atoms with Gasteiger partial charge in [0.25, 0.3) is 0 Å². The number of benzene rings is 22. The zero-order valence-corrected chi connectivity index (χ0v) is 63.6. The molecule has 0 radical (unpaired) electrons. The molecule has 4 aromatic heterocycles. The molecule has 0 saturated heterocycles. The van der Waals surface area contributed by atoms with E-state index in [1.165, 1.54) is 103 Å². The quantitative estimate of drug-likeness (QED) is 0.149. The Kier molecular flexibility index (Phi) is 13.6. The summed E-state index contributed by atoms with van der Waals surface area (Å²) in [5.74, 6) is 1.39. The first-order chi connectivity index (χ1) is 58.5. The molecule has 0 aliphatic carbocycles. The van der Waals surface area contributed by atoms with Gasteiger partial charge in [-0.2, -0.15) is 0 Å². The molecule has 0 bridgehead atoms. The van der Waals surface area contributed by atoms with Crippen molar-refractivity contribution < 1.29 is 0 Å². The Balaban J connectivity index is 0.678. The molecule has 22 aromatic carbocycles. The van der Waals surface area contributed by atoms with Gasteiger partial charge in [-0.05, 0) is 202 Å². The Morgan fingerprint density at radius 1 is 0.169 bits per heavy atom. The maximum absolute atomic E-state index is 6.07. The van der Waals surface area contributed by atoms with Gasteiger partial charge in [-0.1, -0.05) is 328 Å².